The van der Waals surface area contributed by atoms with Gasteiger partial charge in [0.05, 0.1) is 17.5 Å². The summed E-state index contributed by atoms with van der Waals surface area (Å²) in [5.41, 5.74) is 7.05. The lowest BCUT2D eigenvalue weighted by molar-refractivity contribution is -0.138. The molecule has 2 N–H and O–H groups in total. The Hall–Kier alpha value is -3.10. The normalized spacial score (nSPS) is 19.9. The van der Waals surface area contributed by atoms with Crippen LogP contribution >= 0.6 is 0 Å². The Balaban J connectivity index is 1.40. The summed E-state index contributed by atoms with van der Waals surface area (Å²) in [6.45, 7) is 9.87. The van der Waals surface area contributed by atoms with Gasteiger partial charge in [-0.2, -0.15) is 5.10 Å². The number of amides is 3. The van der Waals surface area contributed by atoms with Gasteiger partial charge in [0.1, 0.15) is 11.1 Å². The molecule has 3 amide bonds. The molecule has 2 aliphatic rings. The average Bonchev–Trinajstić information content (AvgIpc) is 3.14. The topological polar surface area (TPSA) is 111 Å². The maximum atomic E-state index is 13.3. The molecule has 0 aliphatic carbocycles. The van der Waals surface area contributed by atoms with Gasteiger partial charge in [0.15, 0.2) is 0 Å². The molecule has 2 fully saturated rings. The zero-order valence-corrected chi connectivity index (χ0v) is 20.5. The third-order valence-electron chi connectivity index (χ3n) is 6.79. The first-order valence-electron chi connectivity index (χ1n) is 12.1. The first-order chi connectivity index (χ1) is 16.0. The minimum Gasteiger partial charge on any atom is -0.444 e. The second kappa shape index (κ2) is 9.27. The largest absolute Gasteiger partial charge is 0.444 e. The molecule has 3 heterocycles. The maximum absolute atomic E-state index is 13.3. The molecule has 2 aromatic rings. The summed E-state index contributed by atoms with van der Waals surface area (Å²) in [4.78, 5) is 41.1. The lowest BCUT2D eigenvalue weighted by Gasteiger charge is -2.38. The second-order valence-corrected chi connectivity index (χ2v) is 10.4. The molecule has 0 spiro atoms. The van der Waals surface area contributed by atoms with Gasteiger partial charge in [-0.05, 0) is 59.4 Å². The average molecular weight is 470 g/mol. The Kier molecular flexibility index (Phi) is 6.55. The van der Waals surface area contributed by atoms with E-state index in [1.54, 1.807) is 11.0 Å². The molecule has 0 bridgehead atoms. The lowest BCUT2D eigenvalue weighted by Crippen LogP contribution is -2.49. The Morgan fingerprint density at radius 3 is 2.41 bits per heavy atom. The molecule has 2 aliphatic heterocycles. The summed E-state index contributed by atoms with van der Waals surface area (Å²) in [7, 11) is 0. The molecular weight excluding hydrogens is 434 g/mol. The fourth-order valence-electron chi connectivity index (χ4n) is 5.06. The molecular formula is C25H35N5O4. The zero-order chi connectivity index (χ0) is 24.6. The first-order valence-corrected chi connectivity index (χ1v) is 12.1. The summed E-state index contributed by atoms with van der Waals surface area (Å²) in [5.74, 6) is -0.557. The number of rotatable bonds is 3. The van der Waals surface area contributed by atoms with Crippen LogP contribution in [0.2, 0.25) is 0 Å². The molecule has 9 nitrogen and oxygen atoms in total. The van der Waals surface area contributed by atoms with Crippen molar-refractivity contribution in [3.05, 3.63) is 29.5 Å². The third kappa shape index (κ3) is 4.88. The molecule has 1 aromatic heterocycles. The number of aromatic nitrogens is 2. The summed E-state index contributed by atoms with van der Waals surface area (Å²) >= 11 is 0. The first kappa shape index (κ1) is 24.0. The smallest absolute Gasteiger partial charge is 0.410 e. The number of hydrogen-bond donors (Lipinski definition) is 1. The molecule has 0 saturated carbocycles. The Bertz CT molecular complexity index is 1090. The van der Waals surface area contributed by atoms with Gasteiger partial charge in [0, 0.05) is 37.3 Å². The molecule has 0 radical (unpaired) electrons. The number of carbonyl (C=O) groups excluding carboxylic acids is 3. The number of carbonyl (C=O) groups is 3. The van der Waals surface area contributed by atoms with Crippen molar-refractivity contribution in [2.24, 2.45) is 11.7 Å². The van der Waals surface area contributed by atoms with E-state index < -0.39 is 11.5 Å². The number of benzene rings is 1. The van der Waals surface area contributed by atoms with Crippen molar-refractivity contribution >= 4 is 28.8 Å². The van der Waals surface area contributed by atoms with E-state index in [9.17, 15) is 14.4 Å². The number of aryl methyl sites for hydroxylation is 1. The number of fused-ring (bicyclic) bond motifs is 1. The van der Waals surface area contributed by atoms with Crippen LogP contribution < -0.4 is 5.73 Å². The quantitative estimate of drug-likeness (QED) is 0.742. The minimum absolute atomic E-state index is 0.116. The predicted octanol–water partition coefficient (Wildman–Crippen LogP) is 3.25. The minimum atomic E-state index is -0.552. The number of piperidine rings is 2. The fraction of sp³-hybridized carbons (Fsp3) is 0.600. The van der Waals surface area contributed by atoms with Crippen molar-refractivity contribution in [1.82, 2.24) is 19.6 Å². The molecule has 9 heteroatoms. The highest BCUT2D eigenvalue weighted by Gasteiger charge is 2.35. The number of ether oxygens (including phenoxy) is 1. The Morgan fingerprint density at radius 1 is 1.06 bits per heavy atom. The lowest BCUT2D eigenvalue weighted by atomic mass is 9.95. The SMILES string of the molecule is Cc1c2cccc(C(N)=O)c2nn1C1CCN(C(=O)C2CCCN(C(=O)OC(C)(C)C)C2)CC1. The van der Waals surface area contributed by atoms with E-state index in [4.69, 9.17) is 15.6 Å². The summed E-state index contributed by atoms with van der Waals surface area (Å²) in [6.07, 6.45) is 2.81. The summed E-state index contributed by atoms with van der Waals surface area (Å²) < 4.78 is 7.49. The van der Waals surface area contributed by atoms with E-state index in [2.05, 4.69) is 0 Å². The number of nitrogens with zero attached hydrogens (tertiary/aromatic N) is 4. The van der Waals surface area contributed by atoms with Gasteiger partial charge in [0.25, 0.3) is 5.91 Å². The third-order valence-corrected chi connectivity index (χ3v) is 6.79. The highest BCUT2D eigenvalue weighted by atomic mass is 16.6. The Labute approximate surface area is 200 Å². The highest BCUT2D eigenvalue weighted by molar-refractivity contribution is 6.05. The van der Waals surface area contributed by atoms with Gasteiger partial charge < -0.3 is 20.3 Å². The van der Waals surface area contributed by atoms with Gasteiger partial charge in [-0.15, -0.1) is 0 Å². The van der Waals surface area contributed by atoms with Crippen LogP contribution in [0, 0.1) is 12.8 Å². The van der Waals surface area contributed by atoms with Crippen LogP contribution in [0.5, 0.6) is 0 Å². The van der Waals surface area contributed by atoms with Crippen LogP contribution in [0.4, 0.5) is 4.79 Å². The van der Waals surface area contributed by atoms with Crippen LogP contribution in [0.3, 0.4) is 0 Å². The van der Waals surface area contributed by atoms with E-state index in [1.165, 1.54) is 0 Å². The number of nitrogens with two attached hydrogens (primary N) is 1. The predicted molar refractivity (Wildman–Crippen MR) is 128 cm³/mol. The molecule has 34 heavy (non-hydrogen) atoms. The van der Waals surface area contributed by atoms with E-state index >= 15 is 0 Å². The molecule has 1 atom stereocenters. The number of hydrogen-bond acceptors (Lipinski definition) is 5. The summed E-state index contributed by atoms with van der Waals surface area (Å²) in [6, 6.07) is 5.64. The number of likely N-dealkylation sites (tertiary alicyclic amines) is 2. The van der Waals surface area contributed by atoms with Crippen LogP contribution in [0.25, 0.3) is 10.9 Å². The molecule has 2 saturated heterocycles. The van der Waals surface area contributed by atoms with Crippen LogP contribution in [-0.2, 0) is 9.53 Å². The van der Waals surface area contributed by atoms with Gasteiger partial charge in [0.2, 0.25) is 5.91 Å². The van der Waals surface area contributed by atoms with E-state index in [0.717, 1.165) is 36.8 Å². The van der Waals surface area contributed by atoms with Crippen molar-refractivity contribution in [1.29, 1.82) is 0 Å². The van der Waals surface area contributed by atoms with Gasteiger partial charge in [-0.1, -0.05) is 12.1 Å². The second-order valence-electron chi connectivity index (χ2n) is 10.4. The molecule has 1 unspecified atom stereocenters. The monoisotopic (exact) mass is 469 g/mol. The molecule has 4 rings (SSSR count). The van der Waals surface area contributed by atoms with Gasteiger partial charge >= 0.3 is 6.09 Å². The maximum Gasteiger partial charge on any atom is 0.410 e. The van der Waals surface area contributed by atoms with Gasteiger partial charge in [-0.3, -0.25) is 14.3 Å². The fourth-order valence-corrected chi connectivity index (χ4v) is 5.06. The summed E-state index contributed by atoms with van der Waals surface area (Å²) in [5, 5.41) is 5.66. The highest BCUT2D eigenvalue weighted by Crippen LogP contribution is 2.30. The van der Waals surface area contributed by atoms with Crippen LogP contribution in [-0.4, -0.2) is 69.3 Å². The van der Waals surface area contributed by atoms with E-state index in [1.807, 2.05) is 49.4 Å². The van der Waals surface area contributed by atoms with Crippen molar-refractivity contribution in [2.75, 3.05) is 26.2 Å². The van der Waals surface area contributed by atoms with Crippen molar-refractivity contribution < 1.29 is 19.1 Å². The van der Waals surface area contributed by atoms with E-state index in [0.29, 0.717) is 37.3 Å². The van der Waals surface area contributed by atoms with Crippen LogP contribution in [0.15, 0.2) is 18.2 Å². The Morgan fingerprint density at radius 2 is 1.76 bits per heavy atom. The molecule has 1 aromatic carbocycles. The van der Waals surface area contributed by atoms with Gasteiger partial charge in [-0.25, -0.2) is 4.79 Å². The van der Waals surface area contributed by atoms with Crippen molar-refractivity contribution in [3.8, 4) is 0 Å². The zero-order valence-electron chi connectivity index (χ0n) is 20.5. The van der Waals surface area contributed by atoms with Crippen molar-refractivity contribution in [2.45, 2.75) is 65.0 Å². The standard InChI is InChI=1S/C25H35N5O4/c1-16-19-8-5-9-20(22(26)31)21(19)27-30(16)18-10-13-28(14-11-18)23(32)17-7-6-12-29(15-17)24(33)34-25(2,3)4/h5,8-9,17-18H,6-7,10-15H2,1-4H3,(H2,26,31). The van der Waals surface area contributed by atoms with E-state index in [-0.39, 0.29) is 24.0 Å². The van der Waals surface area contributed by atoms with Crippen molar-refractivity contribution in [3.63, 3.8) is 0 Å². The molecule has 184 valence electrons. The van der Waals surface area contributed by atoms with Crippen LogP contribution in [0.1, 0.15) is 68.5 Å². The number of primary amides is 1.